The van der Waals surface area contributed by atoms with Crippen molar-refractivity contribution in [3.63, 3.8) is 0 Å². The number of hydrogen-bond acceptors (Lipinski definition) is 2. The first-order valence-electron chi connectivity index (χ1n) is 2.20. The molecule has 0 saturated heterocycles. The van der Waals surface area contributed by atoms with Gasteiger partial charge in [0.05, 0.1) is 0 Å². The highest BCUT2D eigenvalue weighted by Crippen LogP contribution is 2.07. The van der Waals surface area contributed by atoms with Gasteiger partial charge in [0, 0.05) is 6.07 Å². The van der Waals surface area contributed by atoms with Crippen LogP contribution in [0.25, 0.3) is 0 Å². The van der Waals surface area contributed by atoms with E-state index < -0.39 is 5.97 Å². The largest absolute Gasteiger partial charge is 0.477 e. The molecule has 1 N–H and O–H groups in total. The van der Waals surface area contributed by atoms with E-state index >= 15 is 0 Å². The summed E-state index contributed by atoms with van der Waals surface area (Å²) >= 11 is 3.12. The highest BCUT2D eigenvalue weighted by Gasteiger charge is 2.07. The second-order valence-corrected chi connectivity index (χ2v) is 4.57. The summed E-state index contributed by atoms with van der Waals surface area (Å²) in [5.74, 6) is -0.838. The van der Waals surface area contributed by atoms with Crippen LogP contribution < -0.4 is 22.6 Å². The maximum atomic E-state index is 10.2. The molecule has 0 bridgehead atoms. The van der Waals surface area contributed by atoms with Gasteiger partial charge in [0.25, 0.3) is 0 Å². The molecular weight excluding hydrogens is 251 g/mol. The molecule has 0 aliphatic carbocycles. The molecular formula is C5H4IO2S+. The maximum Gasteiger partial charge on any atom is 0.346 e. The molecule has 0 atom stereocenters. The van der Waals surface area contributed by atoms with Crippen LogP contribution in [0.1, 0.15) is 9.67 Å². The molecule has 1 aromatic heterocycles. The van der Waals surface area contributed by atoms with Gasteiger partial charge in [0.2, 0.25) is 2.88 Å². The highest BCUT2D eigenvalue weighted by atomic mass is 127. The Morgan fingerprint density at radius 3 is 2.56 bits per heavy atom. The van der Waals surface area contributed by atoms with E-state index in [1.54, 1.807) is 12.1 Å². The van der Waals surface area contributed by atoms with Crippen molar-refractivity contribution >= 4 is 17.3 Å². The lowest BCUT2D eigenvalue weighted by atomic mass is 10.5. The summed E-state index contributed by atoms with van der Waals surface area (Å²) in [7, 11) is 0. The van der Waals surface area contributed by atoms with E-state index in [1.165, 1.54) is 11.3 Å². The van der Waals surface area contributed by atoms with Gasteiger partial charge in [0.15, 0.2) is 0 Å². The summed E-state index contributed by atoms with van der Waals surface area (Å²) in [6.07, 6.45) is 0. The lowest BCUT2D eigenvalue weighted by Crippen LogP contribution is -3.33. The number of carboxylic acid groups (broad SMARTS) is 1. The molecule has 2 nitrogen and oxygen atoms in total. The van der Waals surface area contributed by atoms with Crippen molar-refractivity contribution in [2.75, 3.05) is 0 Å². The molecule has 0 unspecified atom stereocenters. The Kier molecular flexibility index (Phi) is 2.07. The Balaban J connectivity index is 2.98. The first-order chi connectivity index (χ1) is 4.20. The molecule has 0 saturated carbocycles. The minimum absolute atomic E-state index is 0.412. The molecule has 0 spiro atoms. The molecule has 1 heterocycles. The summed E-state index contributed by atoms with van der Waals surface area (Å²) in [5.41, 5.74) is 0. The Hall–Kier alpha value is -0.100. The van der Waals surface area contributed by atoms with Crippen molar-refractivity contribution in [3.05, 3.63) is 19.9 Å². The van der Waals surface area contributed by atoms with Crippen LogP contribution in [-0.4, -0.2) is 11.1 Å². The van der Waals surface area contributed by atoms with Crippen LogP contribution >= 0.6 is 11.3 Å². The number of carbonyl (C=O) groups is 1. The number of thiophene rings is 1. The molecule has 48 valence electrons. The summed E-state index contributed by atoms with van der Waals surface area (Å²) in [4.78, 5) is 10.6. The van der Waals surface area contributed by atoms with Gasteiger partial charge < -0.3 is 5.11 Å². The normalized spacial score (nSPS) is 9.44. The Morgan fingerprint density at radius 1 is 1.67 bits per heavy atom. The Bertz CT molecular complexity index is 231. The van der Waals surface area contributed by atoms with E-state index in [2.05, 4.69) is 0 Å². The van der Waals surface area contributed by atoms with E-state index in [4.69, 9.17) is 5.11 Å². The summed E-state index contributed by atoms with van der Waals surface area (Å²) in [6, 6.07) is 3.42. The van der Waals surface area contributed by atoms with E-state index in [9.17, 15) is 4.79 Å². The zero-order valence-corrected chi connectivity index (χ0v) is 7.47. The van der Waals surface area contributed by atoms with Gasteiger partial charge in [0.1, 0.15) is 4.88 Å². The third-order valence-corrected chi connectivity index (χ3v) is 2.76. The predicted molar refractivity (Wildman–Crippen MR) is 31.4 cm³/mol. The van der Waals surface area contributed by atoms with Crippen LogP contribution in [0.15, 0.2) is 12.1 Å². The lowest BCUT2D eigenvalue weighted by molar-refractivity contribution is -0.319. The van der Waals surface area contributed by atoms with Crippen LogP contribution in [0.4, 0.5) is 0 Å². The van der Waals surface area contributed by atoms with Crippen molar-refractivity contribution in [2.45, 2.75) is 0 Å². The van der Waals surface area contributed by atoms with Crippen molar-refractivity contribution in [1.82, 2.24) is 0 Å². The summed E-state index contributed by atoms with van der Waals surface area (Å²) in [6.45, 7) is 0. The first kappa shape index (κ1) is 7.01. The summed E-state index contributed by atoms with van der Waals surface area (Å²) < 4.78 is 1.04. The quantitative estimate of drug-likeness (QED) is 0.584. The van der Waals surface area contributed by atoms with Gasteiger partial charge in [-0.15, -0.1) is 0 Å². The number of rotatable bonds is 1. The average molecular weight is 255 g/mol. The number of hydrogen-bond donors (Lipinski definition) is 1. The van der Waals surface area contributed by atoms with Gasteiger partial charge in [-0.25, -0.2) is 4.79 Å². The van der Waals surface area contributed by atoms with E-state index in [0.29, 0.717) is 4.88 Å². The van der Waals surface area contributed by atoms with E-state index in [1.807, 2.05) is 22.6 Å². The molecule has 9 heavy (non-hydrogen) atoms. The van der Waals surface area contributed by atoms with Crippen LogP contribution in [0.3, 0.4) is 0 Å². The highest BCUT2D eigenvalue weighted by molar-refractivity contribution is 7.11. The van der Waals surface area contributed by atoms with Gasteiger partial charge in [-0.05, 0) is 6.07 Å². The molecule has 0 aliphatic heterocycles. The molecule has 0 radical (unpaired) electrons. The number of aromatic carboxylic acids is 1. The molecule has 0 aliphatic rings. The molecule has 1 rings (SSSR count). The standard InChI is InChI=1S/C5H3IO2S/c6-4-2-1-3(9-4)5(7)8/h1-2,6H/p+1. The fourth-order valence-corrected chi connectivity index (χ4v) is 1.97. The lowest BCUT2D eigenvalue weighted by Gasteiger charge is -1.78. The zero-order chi connectivity index (χ0) is 6.85. The smallest absolute Gasteiger partial charge is 0.346 e. The zero-order valence-electron chi connectivity index (χ0n) is 4.33. The monoisotopic (exact) mass is 255 g/mol. The minimum atomic E-state index is -0.838. The molecule has 0 amide bonds. The first-order valence-corrected chi connectivity index (χ1v) is 4.18. The van der Waals surface area contributed by atoms with Crippen molar-refractivity contribution < 1.29 is 32.5 Å². The Morgan fingerprint density at radius 2 is 2.33 bits per heavy atom. The minimum Gasteiger partial charge on any atom is -0.477 e. The number of halogens is 1. The van der Waals surface area contributed by atoms with Gasteiger partial charge in [-0.2, -0.15) is 0 Å². The van der Waals surface area contributed by atoms with Gasteiger partial charge in [-0.1, -0.05) is 11.3 Å². The van der Waals surface area contributed by atoms with Gasteiger partial charge in [-0.3, -0.25) is 0 Å². The fourth-order valence-electron chi connectivity index (χ4n) is 0.435. The van der Waals surface area contributed by atoms with Crippen LogP contribution in [-0.2, 0) is 0 Å². The third kappa shape index (κ3) is 1.65. The molecule has 0 fully saturated rings. The second-order valence-electron chi connectivity index (χ2n) is 1.42. The SMILES string of the molecule is O=C(O)c1ccc([IH+])s1. The van der Waals surface area contributed by atoms with Crippen LogP contribution in [0.5, 0.6) is 0 Å². The maximum absolute atomic E-state index is 10.2. The van der Waals surface area contributed by atoms with Gasteiger partial charge >= 0.3 is 28.6 Å². The van der Waals surface area contributed by atoms with E-state index in [0.717, 1.165) is 2.88 Å². The third-order valence-electron chi connectivity index (χ3n) is 0.792. The summed E-state index contributed by atoms with van der Waals surface area (Å²) in [5, 5.41) is 8.41. The van der Waals surface area contributed by atoms with Crippen LogP contribution in [0, 0.1) is 2.88 Å². The van der Waals surface area contributed by atoms with Crippen LogP contribution in [0.2, 0.25) is 0 Å². The molecule has 0 aromatic carbocycles. The van der Waals surface area contributed by atoms with Crippen molar-refractivity contribution in [1.29, 1.82) is 0 Å². The Labute approximate surface area is 69.7 Å². The average Bonchev–Trinajstić information content (AvgIpc) is 2.14. The molecule has 1 aromatic rings. The van der Waals surface area contributed by atoms with E-state index in [-0.39, 0.29) is 0 Å². The predicted octanol–water partition coefficient (Wildman–Crippen LogP) is -2.10. The van der Waals surface area contributed by atoms with Crippen molar-refractivity contribution in [2.24, 2.45) is 0 Å². The van der Waals surface area contributed by atoms with Crippen molar-refractivity contribution in [3.8, 4) is 0 Å². The second kappa shape index (κ2) is 2.66. The number of carboxylic acids is 1. The topological polar surface area (TPSA) is 37.3 Å². The molecule has 4 heteroatoms. The fraction of sp³-hybridized carbons (Fsp3) is 0.